The summed E-state index contributed by atoms with van der Waals surface area (Å²) in [6.45, 7) is 5.65. The largest absolute Gasteiger partial charge is 0.361 e. The Hall–Kier alpha value is -2.63. The van der Waals surface area contributed by atoms with Crippen molar-refractivity contribution in [2.24, 2.45) is 5.92 Å². The van der Waals surface area contributed by atoms with Crippen LogP contribution in [0, 0.1) is 19.8 Å². The molecule has 0 spiro atoms. The first-order valence-electron chi connectivity index (χ1n) is 10.1. The molecule has 0 aliphatic carbocycles. The molecule has 0 unspecified atom stereocenters. The number of carbonyl (C=O) groups excluding carboxylic acids is 2. The Bertz CT molecular complexity index is 781. The SMILES string of the molecule is Cc1noc(C)c1CCCNC(=O)[C@H]1CCC(=O)N(CCc2ccccc2)C1. The fourth-order valence-electron chi connectivity index (χ4n) is 3.73. The van der Waals surface area contributed by atoms with Gasteiger partial charge in [0.25, 0.3) is 0 Å². The minimum atomic E-state index is -0.118. The van der Waals surface area contributed by atoms with Crippen LogP contribution >= 0.6 is 0 Å². The van der Waals surface area contributed by atoms with Gasteiger partial charge in [0.2, 0.25) is 11.8 Å². The third-order valence-corrected chi connectivity index (χ3v) is 5.47. The highest BCUT2D eigenvalue weighted by molar-refractivity contribution is 5.83. The predicted molar refractivity (Wildman–Crippen MR) is 107 cm³/mol. The van der Waals surface area contributed by atoms with Gasteiger partial charge in [-0.3, -0.25) is 9.59 Å². The minimum Gasteiger partial charge on any atom is -0.361 e. The molecule has 1 aliphatic heterocycles. The topological polar surface area (TPSA) is 75.4 Å². The van der Waals surface area contributed by atoms with E-state index in [4.69, 9.17) is 4.52 Å². The van der Waals surface area contributed by atoms with E-state index >= 15 is 0 Å². The number of piperidine rings is 1. The lowest BCUT2D eigenvalue weighted by Crippen LogP contribution is -2.46. The highest BCUT2D eigenvalue weighted by Crippen LogP contribution is 2.19. The number of benzene rings is 1. The number of nitrogens with one attached hydrogen (secondary N) is 1. The molecule has 1 aliphatic rings. The van der Waals surface area contributed by atoms with Crippen molar-refractivity contribution in [3.05, 3.63) is 52.9 Å². The Balaban J connectivity index is 1.42. The van der Waals surface area contributed by atoms with Gasteiger partial charge in [0.05, 0.1) is 11.6 Å². The van der Waals surface area contributed by atoms with Gasteiger partial charge in [-0.05, 0) is 45.1 Å². The number of aryl methyl sites for hydroxylation is 2. The maximum Gasteiger partial charge on any atom is 0.224 e. The second-order valence-corrected chi connectivity index (χ2v) is 7.51. The zero-order chi connectivity index (χ0) is 19.9. The van der Waals surface area contributed by atoms with Crippen molar-refractivity contribution >= 4 is 11.8 Å². The highest BCUT2D eigenvalue weighted by atomic mass is 16.5. The van der Waals surface area contributed by atoms with Gasteiger partial charge in [-0.1, -0.05) is 35.5 Å². The number of hydrogen-bond acceptors (Lipinski definition) is 4. The molecule has 1 fully saturated rings. The molecular weight excluding hydrogens is 354 g/mol. The Labute approximate surface area is 166 Å². The monoisotopic (exact) mass is 383 g/mol. The molecule has 28 heavy (non-hydrogen) atoms. The van der Waals surface area contributed by atoms with Crippen LogP contribution in [0.15, 0.2) is 34.9 Å². The molecule has 150 valence electrons. The average molecular weight is 383 g/mol. The minimum absolute atomic E-state index is 0.0518. The second kappa shape index (κ2) is 9.53. The number of carbonyl (C=O) groups is 2. The molecule has 3 rings (SSSR count). The van der Waals surface area contributed by atoms with Gasteiger partial charge in [-0.25, -0.2) is 0 Å². The normalized spacial score (nSPS) is 17.0. The summed E-state index contributed by atoms with van der Waals surface area (Å²) in [5, 5.41) is 6.99. The molecule has 2 heterocycles. The summed E-state index contributed by atoms with van der Waals surface area (Å²) in [4.78, 5) is 26.6. The predicted octanol–water partition coefficient (Wildman–Crippen LogP) is 2.82. The fourth-order valence-corrected chi connectivity index (χ4v) is 3.73. The first kappa shape index (κ1) is 20.1. The fraction of sp³-hybridized carbons (Fsp3) is 0.500. The van der Waals surface area contributed by atoms with Gasteiger partial charge >= 0.3 is 0 Å². The molecule has 0 saturated carbocycles. The van der Waals surface area contributed by atoms with Gasteiger partial charge in [-0.15, -0.1) is 0 Å². The van der Waals surface area contributed by atoms with Crippen LogP contribution in [0.25, 0.3) is 0 Å². The quantitative estimate of drug-likeness (QED) is 0.711. The number of likely N-dealkylation sites (tertiary alicyclic amines) is 1. The summed E-state index contributed by atoms with van der Waals surface area (Å²) < 4.78 is 5.17. The van der Waals surface area contributed by atoms with Gasteiger partial charge < -0.3 is 14.7 Å². The van der Waals surface area contributed by atoms with E-state index < -0.39 is 0 Å². The molecule has 0 radical (unpaired) electrons. The van der Waals surface area contributed by atoms with Crippen molar-refractivity contribution < 1.29 is 14.1 Å². The molecule has 1 aromatic carbocycles. The van der Waals surface area contributed by atoms with E-state index in [2.05, 4.69) is 22.6 Å². The number of hydrogen-bond donors (Lipinski definition) is 1. The highest BCUT2D eigenvalue weighted by Gasteiger charge is 2.29. The van der Waals surface area contributed by atoms with Crippen molar-refractivity contribution in [1.29, 1.82) is 0 Å². The van der Waals surface area contributed by atoms with Gasteiger partial charge in [0.15, 0.2) is 0 Å². The molecule has 2 aromatic rings. The van der Waals surface area contributed by atoms with Crippen LogP contribution in [0.2, 0.25) is 0 Å². The molecule has 1 atom stereocenters. The van der Waals surface area contributed by atoms with E-state index in [1.165, 1.54) is 5.56 Å². The smallest absolute Gasteiger partial charge is 0.224 e. The summed E-state index contributed by atoms with van der Waals surface area (Å²) in [6.07, 6.45) is 3.59. The maximum atomic E-state index is 12.5. The van der Waals surface area contributed by atoms with E-state index in [9.17, 15) is 9.59 Å². The third kappa shape index (κ3) is 5.21. The Morgan fingerprint density at radius 2 is 2.04 bits per heavy atom. The van der Waals surface area contributed by atoms with E-state index in [0.29, 0.717) is 32.5 Å². The van der Waals surface area contributed by atoms with Crippen molar-refractivity contribution in [2.45, 2.75) is 46.0 Å². The Kier molecular flexibility index (Phi) is 6.85. The standard InChI is InChI=1S/C22H29N3O3/c1-16-20(17(2)28-24-16)9-6-13-23-22(27)19-10-11-21(26)25(15-19)14-12-18-7-4-3-5-8-18/h3-5,7-8,19H,6,9-15H2,1-2H3,(H,23,27)/t19-/m0/s1. The lowest BCUT2D eigenvalue weighted by molar-refractivity contribution is -0.138. The Morgan fingerprint density at radius 3 is 2.75 bits per heavy atom. The van der Waals surface area contributed by atoms with Gasteiger partial charge in [0, 0.05) is 31.6 Å². The lowest BCUT2D eigenvalue weighted by atomic mass is 9.96. The van der Waals surface area contributed by atoms with Crippen molar-refractivity contribution in [3.63, 3.8) is 0 Å². The summed E-state index contributed by atoms with van der Waals surface area (Å²) in [5.41, 5.74) is 3.26. The third-order valence-electron chi connectivity index (χ3n) is 5.47. The molecule has 6 nitrogen and oxygen atoms in total. The zero-order valence-electron chi connectivity index (χ0n) is 16.7. The molecule has 0 bridgehead atoms. The summed E-state index contributed by atoms with van der Waals surface area (Å²) in [5.74, 6) is 0.936. The Morgan fingerprint density at radius 1 is 1.25 bits per heavy atom. The zero-order valence-corrected chi connectivity index (χ0v) is 16.7. The second-order valence-electron chi connectivity index (χ2n) is 7.51. The van der Waals surface area contributed by atoms with Crippen molar-refractivity contribution in [1.82, 2.24) is 15.4 Å². The van der Waals surface area contributed by atoms with Crippen LogP contribution in [0.4, 0.5) is 0 Å². The lowest BCUT2D eigenvalue weighted by Gasteiger charge is -2.32. The van der Waals surface area contributed by atoms with Gasteiger partial charge in [0.1, 0.15) is 5.76 Å². The number of rotatable bonds is 8. The first-order valence-corrected chi connectivity index (χ1v) is 10.1. The van der Waals surface area contributed by atoms with Crippen LogP contribution in [-0.2, 0) is 22.4 Å². The first-order chi connectivity index (χ1) is 13.5. The number of nitrogens with zero attached hydrogens (tertiary/aromatic N) is 2. The van der Waals surface area contributed by atoms with E-state index in [1.807, 2.05) is 36.9 Å². The molecular formula is C22H29N3O3. The average Bonchev–Trinajstić information content (AvgIpc) is 3.03. The maximum absolute atomic E-state index is 12.5. The molecule has 1 aromatic heterocycles. The molecule has 1 N–H and O–H groups in total. The molecule has 6 heteroatoms. The summed E-state index contributed by atoms with van der Waals surface area (Å²) in [7, 11) is 0. The van der Waals surface area contributed by atoms with Crippen molar-refractivity contribution in [3.8, 4) is 0 Å². The van der Waals surface area contributed by atoms with Crippen LogP contribution in [-0.4, -0.2) is 41.5 Å². The summed E-state index contributed by atoms with van der Waals surface area (Å²) >= 11 is 0. The van der Waals surface area contributed by atoms with Crippen LogP contribution in [0.3, 0.4) is 0 Å². The van der Waals surface area contributed by atoms with E-state index in [1.54, 1.807) is 0 Å². The van der Waals surface area contributed by atoms with Gasteiger partial charge in [-0.2, -0.15) is 0 Å². The van der Waals surface area contributed by atoms with Crippen LogP contribution in [0.5, 0.6) is 0 Å². The van der Waals surface area contributed by atoms with Crippen LogP contribution < -0.4 is 5.32 Å². The number of aromatic nitrogens is 1. The number of amides is 2. The molecule has 1 saturated heterocycles. The van der Waals surface area contributed by atoms with Crippen LogP contribution in [0.1, 0.15) is 41.8 Å². The van der Waals surface area contributed by atoms with E-state index in [-0.39, 0.29) is 17.7 Å². The molecule has 2 amide bonds. The van der Waals surface area contributed by atoms with Crippen molar-refractivity contribution in [2.75, 3.05) is 19.6 Å². The van der Waals surface area contributed by atoms with E-state index in [0.717, 1.165) is 36.3 Å². The summed E-state index contributed by atoms with van der Waals surface area (Å²) in [6, 6.07) is 10.1.